The first-order valence-corrected chi connectivity index (χ1v) is 24.6. The summed E-state index contributed by atoms with van der Waals surface area (Å²) in [5.74, 6) is 1.86. The molecule has 1 aliphatic rings. The van der Waals surface area contributed by atoms with Crippen molar-refractivity contribution in [3.63, 3.8) is 0 Å². The molecule has 4 heterocycles. The summed E-state index contributed by atoms with van der Waals surface area (Å²) in [6.07, 6.45) is 0. The highest BCUT2D eigenvalue weighted by atomic mass is 16.3. The Morgan fingerprint density at radius 2 is 0.819 bits per heavy atom. The Balaban J connectivity index is 0.922. The molecule has 0 aliphatic heterocycles. The fourth-order valence-corrected chi connectivity index (χ4v) is 11.7. The van der Waals surface area contributed by atoms with Gasteiger partial charge in [-0.05, 0) is 124 Å². The molecule has 6 heteroatoms. The zero-order valence-electron chi connectivity index (χ0n) is 39.5. The molecule has 14 aromatic rings. The van der Waals surface area contributed by atoms with Gasteiger partial charge in [0.1, 0.15) is 11.2 Å². The predicted octanol–water partition coefficient (Wildman–Crippen LogP) is 16.9. The number of para-hydroxylation sites is 2. The van der Waals surface area contributed by atoms with E-state index in [1.807, 2.05) is 66.7 Å². The van der Waals surface area contributed by atoms with Crippen LogP contribution in [0.2, 0.25) is 0 Å². The Kier molecular flexibility index (Phi) is 8.61. The summed E-state index contributed by atoms with van der Waals surface area (Å²) in [7, 11) is 0. The van der Waals surface area contributed by atoms with E-state index in [1.165, 1.54) is 71.5 Å². The van der Waals surface area contributed by atoms with Crippen molar-refractivity contribution in [3.8, 4) is 67.8 Å². The van der Waals surface area contributed by atoms with E-state index >= 15 is 0 Å². The van der Waals surface area contributed by atoms with Gasteiger partial charge >= 0.3 is 0 Å². The summed E-state index contributed by atoms with van der Waals surface area (Å²) < 4.78 is 11.4. The summed E-state index contributed by atoms with van der Waals surface area (Å²) in [5.41, 5.74) is 18.8. The first-order chi connectivity index (χ1) is 35.4. The van der Waals surface area contributed by atoms with Crippen LogP contribution >= 0.6 is 0 Å². The molecule has 10 aromatic carbocycles. The highest BCUT2D eigenvalue weighted by Gasteiger charge is 2.36. The Morgan fingerprint density at radius 1 is 0.319 bits per heavy atom. The van der Waals surface area contributed by atoms with Gasteiger partial charge in [0.15, 0.2) is 17.5 Å². The second-order valence-electron chi connectivity index (χ2n) is 19.6. The van der Waals surface area contributed by atoms with E-state index in [0.29, 0.717) is 17.5 Å². The van der Waals surface area contributed by atoms with E-state index in [0.717, 1.165) is 55.5 Å². The second-order valence-corrected chi connectivity index (χ2v) is 19.6. The molecule has 1 aliphatic carbocycles. The number of fused-ring (bicyclic) bond motifs is 12. The van der Waals surface area contributed by atoms with Crippen molar-refractivity contribution in [3.05, 3.63) is 236 Å². The zero-order valence-corrected chi connectivity index (χ0v) is 39.5. The minimum Gasteiger partial charge on any atom is -0.456 e. The fourth-order valence-electron chi connectivity index (χ4n) is 11.7. The number of furan rings is 1. The molecule has 0 bridgehead atoms. The average molecular weight is 922 g/mol. The molecule has 0 radical (unpaired) electrons. The topological polar surface area (TPSA) is 61.7 Å². The maximum atomic E-state index is 6.59. The summed E-state index contributed by atoms with van der Waals surface area (Å²) >= 11 is 0. The lowest BCUT2D eigenvalue weighted by molar-refractivity contribution is 0.661. The molecule has 0 amide bonds. The lowest BCUT2D eigenvalue weighted by atomic mass is 9.82. The molecule has 72 heavy (non-hydrogen) atoms. The molecule has 0 saturated heterocycles. The van der Waals surface area contributed by atoms with Crippen LogP contribution in [0.3, 0.4) is 0 Å². The van der Waals surface area contributed by atoms with Crippen molar-refractivity contribution < 1.29 is 4.42 Å². The molecule has 0 spiro atoms. The molecule has 0 fully saturated rings. The van der Waals surface area contributed by atoms with Crippen molar-refractivity contribution in [1.82, 2.24) is 24.1 Å². The number of nitrogens with zero attached hydrogens (tertiary/aromatic N) is 5. The Bertz CT molecular complexity index is 4470. The van der Waals surface area contributed by atoms with Crippen LogP contribution in [0.25, 0.3) is 133 Å². The van der Waals surface area contributed by atoms with E-state index in [-0.39, 0.29) is 5.41 Å². The van der Waals surface area contributed by atoms with Crippen molar-refractivity contribution in [2.45, 2.75) is 19.3 Å². The normalized spacial score (nSPS) is 13.0. The van der Waals surface area contributed by atoms with Gasteiger partial charge < -0.3 is 13.6 Å². The molecular weight excluding hydrogens is 879 g/mol. The quantitative estimate of drug-likeness (QED) is 0.167. The number of hydrogen-bond donors (Lipinski definition) is 0. The Labute approximate surface area is 414 Å². The maximum absolute atomic E-state index is 6.59. The molecule has 0 unspecified atom stereocenters. The van der Waals surface area contributed by atoms with Crippen LogP contribution < -0.4 is 0 Å². The van der Waals surface area contributed by atoms with E-state index in [9.17, 15) is 0 Å². The number of benzene rings is 10. The third-order valence-corrected chi connectivity index (χ3v) is 15.2. The van der Waals surface area contributed by atoms with Gasteiger partial charge in [-0.2, -0.15) is 0 Å². The molecule has 0 atom stereocenters. The minimum atomic E-state index is -0.169. The van der Waals surface area contributed by atoms with Crippen LogP contribution in [0.1, 0.15) is 25.0 Å². The first kappa shape index (κ1) is 40.5. The molecule has 338 valence electrons. The Morgan fingerprint density at radius 3 is 1.51 bits per heavy atom. The van der Waals surface area contributed by atoms with E-state index in [4.69, 9.17) is 19.4 Å². The predicted molar refractivity (Wildman–Crippen MR) is 295 cm³/mol. The number of hydrogen-bond acceptors (Lipinski definition) is 4. The van der Waals surface area contributed by atoms with Gasteiger partial charge in [0.2, 0.25) is 0 Å². The SMILES string of the molecule is CC1(C)c2ccccc2-c2cc3c4cc(-c5ccc6c(c5)c5ccccc5n6-c5ccccc5)ccc4n(-c4ccc5oc6ccc(-c7nc(-c8ccccc8)nc(-c8ccccc8)n7)cc6c5c4)c3cc21. The molecule has 4 aromatic heterocycles. The molecular formula is C66H43N5O. The molecule has 0 saturated carbocycles. The smallest absolute Gasteiger partial charge is 0.164 e. The monoisotopic (exact) mass is 921 g/mol. The van der Waals surface area contributed by atoms with Gasteiger partial charge in [-0.15, -0.1) is 0 Å². The van der Waals surface area contributed by atoms with Crippen molar-refractivity contribution in [1.29, 1.82) is 0 Å². The highest BCUT2D eigenvalue weighted by Crippen LogP contribution is 2.51. The fraction of sp³-hybridized carbons (Fsp3) is 0.0455. The summed E-state index contributed by atoms with van der Waals surface area (Å²) in [4.78, 5) is 15.1. The lowest BCUT2D eigenvalue weighted by Gasteiger charge is -2.21. The zero-order chi connectivity index (χ0) is 47.7. The van der Waals surface area contributed by atoms with Gasteiger partial charge in [0, 0.05) is 65.8 Å². The number of rotatable bonds is 6. The van der Waals surface area contributed by atoms with Crippen LogP contribution in [-0.4, -0.2) is 24.1 Å². The summed E-state index contributed by atoms with van der Waals surface area (Å²) in [6, 6.07) is 80.3. The number of aromatic nitrogens is 5. The van der Waals surface area contributed by atoms with Crippen molar-refractivity contribution >= 4 is 65.6 Å². The lowest BCUT2D eigenvalue weighted by Crippen LogP contribution is -2.14. The molecule has 15 rings (SSSR count). The summed E-state index contributed by atoms with van der Waals surface area (Å²) in [6.45, 7) is 4.72. The maximum Gasteiger partial charge on any atom is 0.164 e. The largest absolute Gasteiger partial charge is 0.456 e. The van der Waals surface area contributed by atoms with Gasteiger partial charge in [0.05, 0.1) is 22.1 Å². The van der Waals surface area contributed by atoms with Crippen molar-refractivity contribution in [2.24, 2.45) is 0 Å². The second kappa shape index (κ2) is 15.3. The van der Waals surface area contributed by atoms with Crippen LogP contribution in [0.4, 0.5) is 0 Å². The van der Waals surface area contributed by atoms with Gasteiger partial charge in [-0.25, -0.2) is 15.0 Å². The van der Waals surface area contributed by atoms with E-state index in [1.54, 1.807) is 0 Å². The van der Waals surface area contributed by atoms with Crippen LogP contribution in [-0.2, 0) is 5.41 Å². The third kappa shape index (κ3) is 6.05. The van der Waals surface area contributed by atoms with Gasteiger partial charge in [-0.1, -0.05) is 147 Å². The molecule has 0 N–H and O–H groups in total. The van der Waals surface area contributed by atoms with Crippen LogP contribution in [0, 0.1) is 0 Å². The van der Waals surface area contributed by atoms with E-state index in [2.05, 4.69) is 181 Å². The standard InChI is InChI=1S/C66H43N5O/c1-66(2)55-24-14-12-22-47(55)49-38-52-51-35-43(42-26-30-58-50(34-42)48-23-13-15-25-57(48)70(58)45-20-10-5-11-21-45)27-31-59(51)71(60(52)39-56(49)66)46-29-33-62-54(37-46)53-36-44(28-32-61(53)72-62)65-68-63(40-16-6-3-7-17-40)67-64(69-65)41-18-8-4-9-19-41/h3-39H,1-2H3. The minimum absolute atomic E-state index is 0.169. The Hall–Kier alpha value is -9.39. The molecule has 6 nitrogen and oxygen atoms in total. The van der Waals surface area contributed by atoms with Crippen LogP contribution in [0.15, 0.2) is 229 Å². The van der Waals surface area contributed by atoms with Gasteiger partial charge in [0.25, 0.3) is 0 Å². The highest BCUT2D eigenvalue weighted by molar-refractivity contribution is 6.15. The third-order valence-electron chi connectivity index (χ3n) is 15.2. The van der Waals surface area contributed by atoms with E-state index < -0.39 is 0 Å². The average Bonchev–Trinajstić information content (AvgIpc) is 4.15. The summed E-state index contributed by atoms with van der Waals surface area (Å²) in [5, 5.41) is 6.92. The van der Waals surface area contributed by atoms with Gasteiger partial charge in [-0.3, -0.25) is 0 Å². The van der Waals surface area contributed by atoms with Crippen molar-refractivity contribution in [2.75, 3.05) is 0 Å². The van der Waals surface area contributed by atoms with Crippen LogP contribution in [0.5, 0.6) is 0 Å². The first-order valence-electron chi connectivity index (χ1n) is 24.6.